The van der Waals surface area contributed by atoms with E-state index >= 15 is 0 Å². The second-order valence-corrected chi connectivity index (χ2v) is 12.5. The van der Waals surface area contributed by atoms with Crippen molar-refractivity contribution in [3.63, 3.8) is 0 Å². The fourth-order valence-electron chi connectivity index (χ4n) is 6.96. The van der Waals surface area contributed by atoms with E-state index in [0.717, 1.165) is 60.4 Å². The molecule has 0 saturated heterocycles. The normalized spacial score (nSPS) is 11.7. The van der Waals surface area contributed by atoms with Crippen LogP contribution in [0.4, 0.5) is 0 Å². The van der Waals surface area contributed by atoms with E-state index < -0.39 is 0 Å². The number of hydrogen-bond acceptors (Lipinski definition) is 4. The molecule has 0 amide bonds. The summed E-state index contributed by atoms with van der Waals surface area (Å²) < 4.78 is 6.14. The Kier molecular flexibility index (Phi) is 6.15. The molecule has 2 aromatic heterocycles. The quantitative estimate of drug-likeness (QED) is 0.195. The number of fused-ring (bicyclic) bond motifs is 6. The van der Waals surface area contributed by atoms with Gasteiger partial charge in [-0.05, 0) is 85.9 Å². The molecule has 4 nitrogen and oxygen atoms in total. The fraction of sp³-hybridized carbons (Fsp3) is 0. The summed E-state index contributed by atoms with van der Waals surface area (Å²) in [6, 6.07) is 57.2. The zero-order valence-corrected chi connectivity index (χ0v) is 26.3. The van der Waals surface area contributed by atoms with E-state index in [1.807, 2.05) is 30.3 Å². The minimum absolute atomic E-state index is 0.614. The predicted molar refractivity (Wildman–Crippen MR) is 201 cm³/mol. The summed E-state index contributed by atoms with van der Waals surface area (Å²) in [5, 5.41) is 9.08. The first-order chi connectivity index (χ1) is 24.2. The molecule has 0 fully saturated rings. The lowest BCUT2D eigenvalue weighted by molar-refractivity contribution is 0.669. The number of furan rings is 1. The molecule has 0 spiro atoms. The van der Waals surface area contributed by atoms with E-state index in [0.29, 0.717) is 17.5 Å². The van der Waals surface area contributed by atoms with E-state index in [-0.39, 0.29) is 0 Å². The van der Waals surface area contributed by atoms with Crippen LogP contribution in [0.25, 0.3) is 99.5 Å². The lowest BCUT2D eigenvalue weighted by atomic mass is 9.96. The first-order valence-electron chi connectivity index (χ1n) is 16.4. The van der Waals surface area contributed by atoms with Crippen molar-refractivity contribution in [1.29, 1.82) is 0 Å². The third kappa shape index (κ3) is 4.73. The van der Waals surface area contributed by atoms with Crippen molar-refractivity contribution in [2.45, 2.75) is 0 Å². The van der Waals surface area contributed by atoms with Gasteiger partial charge < -0.3 is 4.42 Å². The summed E-state index contributed by atoms with van der Waals surface area (Å²) in [6.45, 7) is 0. The van der Waals surface area contributed by atoms with Crippen LogP contribution in [0.3, 0.4) is 0 Å². The zero-order valence-electron chi connectivity index (χ0n) is 26.3. The van der Waals surface area contributed by atoms with Crippen molar-refractivity contribution in [3.8, 4) is 45.3 Å². The van der Waals surface area contributed by atoms with Crippen molar-refractivity contribution in [2.75, 3.05) is 0 Å². The molecular weight excluding hydrogens is 599 g/mol. The van der Waals surface area contributed by atoms with Crippen LogP contribution in [0.2, 0.25) is 0 Å². The number of hydrogen-bond donors (Lipinski definition) is 0. The van der Waals surface area contributed by atoms with E-state index in [4.69, 9.17) is 19.4 Å². The topological polar surface area (TPSA) is 51.8 Å². The van der Waals surface area contributed by atoms with E-state index in [1.54, 1.807) is 0 Å². The molecule has 0 saturated carbocycles. The summed E-state index contributed by atoms with van der Waals surface area (Å²) in [7, 11) is 0. The summed E-state index contributed by atoms with van der Waals surface area (Å²) in [5.74, 6) is 1.88. The average Bonchev–Trinajstić information content (AvgIpc) is 3.55. The smallest absolute Gasteiger partial charge is 0.164 e. The first kappa shape index (κ1) is 27.5. The number of aromatic nitrogens is 3. The number of para-hydroxylation sites is 1. The second kappa shape index (κ2) is 11.0. The summed E-state index contributed by atoms with van der Waals surface area (Å²) in [6.07, 6.45) is 0. The minimum Gasteiger partial charge on any atom is -0.456 e. The monoisotopic (exact) mass is 625 g/mol. The highest BCUT2D eigenvalue weighted by molar-refractivity contribution is 6.06. The van der Waals surface area contributed by atoms with Crippen LogP contribution < -0.4 is 0 Å². The molecule has 0 unspecified atom stereocenters. The number of rotatable bonds is 4. The van der Waals surface area contributed by atoms with Crippen LogP contribution >= 0.6 is 0 Å². The van der Waals surface area contributed by atoms with Crippen LogP contribution in [-0.4, -0.2) is 15.0 Å². The number of benzene rings is 8. The van der Waals surface area contributed by atoms with Crippen LogP contribution in [0.5, 0.6) is 0 Å². The Morgan fingerprint density at radius 2 is 0.816 bits per heavy atom. The van der Waals surface area contributed by atoms with Crippen LogP contribution in [0.1, 0.15) is 0 Å². The largest absolute Gasteiger partial charge is 0.456 e. The molecule has 0 aliphatic heterocycles. The molecule has 0 bridgehead atoms. The summed E-state index contributed by atoms with van der Waals surface area (Å²) >= 11 is 0. The van der Waals surface area contributed by atoms with Gasteiger partial charge in [0.1, 0.15) is 11.2 Å². The number of nitrogens with zero attached hydrogens (tertiary/aromatic N) is 3. The van der Waals surface area contributed by atoms with Crippen molar-refractivity contribution >= 4 is 54.3 Å². The van der Waals surface area contributed by atoms with Crippen LogP contribution in [0, 0.1) is 0 Å². The SMILES string of the molecule is c1ccc2cc(-c3ccc4cccc(-c5nc(-c6ccc7ccccc7c6)nc(-c6ccc7oc8ccccc8c7c6)n5)c4c3)ccc2c1. The van der Waals surface area contributed by atoms with Crippen LogP contribution in [-0.2, 0) is 0 Å². The molecule has 4 heteroatoms. The zero-order chi connectivity index (χ0) is 32.3. The molecule has 0 radical (unpaired) electrons. The molecular formula is C45H27N3O. The molecule has 228 valence electrons. The average molecular weight is 626 g/mol. The lowest BCUT2D eigenvalue weighted by Gasteiger charge is -2.12. The Bertz CT molecular complexity index is 2900. The molecule has 0 N–H and O–H groups in total. The Morgan fingerprint density at radius 3 is 1.59 bits per heavy atom. The Balaban J connectivity index is 1.18. The lowest BCUT2D eigenvalue weighted by Crippen LogP contribution is -2.00. The van der Waals surface area contributed by atoms with Gasteiger partial charge in [-0.3, -0.25) is 0 Å². The van der Waals surface area contributed by atoms with Gasteiger partial charge in [0.05, 0.1) is 0 Å². The molecule has 49 heavy (non-hydrogen) atoms. The maximum atomic E-state index is 6.14. The third-order valence-electron chi connectivity index (χ3n) is 9.48. The van der Waals surface area contributed by atoms with Crippen molar-refractivity contribution in [3.05, 3.63) is 164 Å². The van der Waals surface area contributed by atoms with Gasteiger partial charge in [-0.1, -0.05) is 121 Å². The Morgan fingerprint density at radius 1 is 0.306 bits per heavy atom. The molecule has 8 aromatic carbocycles. The van der Waals surface area contributed by atoms with Gasteiger partial charge in [-0.25, -0.2) is 15.0 Å². The highest BCUT2D eigenvalue weighted by Gasteiger charge is 2.17. The minimum atomic E-state index is 0.614. The van der Waals surface area contributed by atoms with Gasteiger partial charge in [-0.15, -0.1) is 0 Å². The molecule has 2 heterocycles. The standard InChI is InChI=1S/C45H27N3O/c1-3-10-31-24-33(19-16-28(31)8-1)34-20-18-30-12-7-14-38(39(30)26-34)45-47-43(35-21-17-29-9-2-4-11-32(29)25-35)46-44(48-45)36-22-23-42-40(27-36)37-13-5-6-15-41(37)49-42/h1-27H. The van der Waals surface area contributed by atoms with E-state index in [1.165, 1.54) is 21.7 Å². The van der Waals surface area contributed by atoms with Crippen molar-refractivity contribution < 1.29 is 4.42 Å². The van der Waals surface area contributed by atoms with Gasteiger partial charge in [0, 0.05) is 27.5 Å². The van der Waals surface area contributed by atoms with Gasteiger partial charge in [0.2, 0.25) is 0 Å². The van der Waals surface area contributed by atoms with E-state index in [9.17, 15) is 0 Å². The third-order valence-corrected chi connectivity index (χ3v) is 9.48. The maximum Gasteiger partial charge on any atom is 0.164 e. The fourth-order valence-corrected chi connectivity index (χ4v) is 6.96. The molecule has 10 aromatic rings. The van der Waals surface area contributed by atoms with Gasteiger partial charge in [0.15, 0.2) is 17.5 Å². The highest BCUT2D eigenvalue weighted by atomic mass is 16.3. The second-order valence-electron chi connectivity index (χ2n) is 12.5. The van der Waals surface area contributed by atoms with E-state index in [2.05, 4.69) is 133 Å². The summed E-state index contributed by atoms with van der Waals surface area (Å²) in [5.41, 5.74) is 6.82. The Hall–Kier alpha value is -6.65. The first-order valence-corrected chi connectivity index (χ1v) is 16.4. The summed E-state index contributed by atoms with van der Waals surface area (Å²) in [4.78, 5) is 15.4. The van der Waals surface area contributed by atoms with Crippen LogP contribution in [0.15, 0.2) is 168 Å². The van der Waals surface area contributed by atoms with Gasteiger partial charge in [-0.2, -0.15) is 0 Å². The molecule has 0 aliphatic carbocycles. The van der Waals surface area contributed by atoms with Gasteiger partial charge >= 0.3 is 0 Å². The predicted octanol–water partition coefficient (Wildman–Crippen LogP) is 11.9. The maximum absolute atomic E-state index is 6.14. The van der Waals surface area contributed by atoms with Crippen molar-refractivity contribution in [1.82, 2.24) is 15.0 Å². The highest BCUT2D eigenvalue weighted by Crippen LogP contribution is 2.36. The molecule has 0 atom stereocenters. The molecule has 10 rings (SSSR count). The van der Waals surface area contributed by atoms with Gasteiger partial charge in [0.25, 0.3) is 0 Å². The van der Waals surface area contributed by atoms with Crippen molar-refractivity contribution in [2.24, 2.45) is 0 Å². The Labute approximate surface area is 282 Å². The molecule has 0 aliphatic rings.